The molecule has 6 heteroatoms. The topological polar surface area (TPSA) is 61.6 Å². The summed E-state index contributed by atoms with van der Waals surface area (Å²) in [6, 6.07) is 0. The second-order valence-electron chi connectivity index (χ2n) is 5.59. The van der Waals surface area contributed by atoms with Gasteiger partial charge in [0.15, 0.2) is 0 Å². The Balaban J connectivity index is 1.94. The van der Waals surface area contributed by atoms with Crippen molar-refractivity contribution in [3.63, 3.8) is 0 Å². The average molecular weight is 280 g/mol. The quantitative estimate of drug-likeness (QED) is 0.844. The van der Waals surface area contributed by atoms with Crippen molar-refractivity contribution in [2.45, 2.75) is 26.8 Å². The van der Waals surface area contributed by atoms with Crippen LogP contribution in [0.5, 0.6) is 0 Å². The minimum absolute atomic E-state index is 0.0617. The number of nitrogens with zero attached hydrogens (tertiary/aromatic N) is 4. The van der Waals surface area contributed by atoms with Crippen molar-refractivity contribution in [2.75, 3.05) is 39.8 Å². The van der Waals surface area contributed by atoms with Crippen LogP contribution in [0.4, 0.5) is 0 Å². The normalized spacial score (nSPS) is 17.6. The average Bonchev–Trinajstić information content (AvgIpc) is 2.65. The van der Waals surface area contributed by atoms with Gasteiger partial charge in [0.05, 0.1) is 18.7 Å². The molecule has 6 nitrogen and oxygen atoms in total. The summed E-state index contributed by atoms with van der Waals surface area (Å²) in [6.45, 7) is 10.1. The van der Waals surface area contributed by atoms with Gasteiger partial charge in [0.1, 0.15) is 0 Å². The van der Waals surface area contributed by atoms with Gasteiger partial charge in [0, 0.05) is 44.0 Å². The van der Waals surface area contributed by atoms with E-state index in [1.807, 2.05) is 18.5 Å². The van der Waals surface area contributed by atoms with Crippen LogP contribution >= 0.6 is 0 Å². The number of piperazine rings is 1. The molecule has 0 unspecified atom stereocenters. The summed E-state index contributed by atoms with van der Waals surface area (Å²) in [5.41, 5.74) is 2.68. The Morgan fingerprint density at radius 2 is 1.85 bits per heavy atom. The van der Waals surface area contributed by atoms with E-state index in [0.29, 0.717) is 0 Å². The van der Waals surface area contributed by atoms with Crippen molar-refractivity contribution < 1.29 is 9.90 Å². The second-order valence-corrected chi connectivity index (χ2v) is 5.59. The molecule has 0 spiro atoms. The molecule has 1 saturated heterocycles. The van der Waals surface area contributed by atoms with Gasteiger partial charge < -0.3 is 10.0 Å². The number of likely N-dealkylation sites (N-methyl/N-ethyl adjacent to an activating group) is 1. The lowest BCUT2D eigenvalue weighted by atomic mass is 10.1. The molecule has 2 heterocycles. The maximum Gasteiger partial charge on any atom is 0.307 e. The van der Waals surface area contributed by atoms with E-state index in [1.54, 1.807) is 0 Å². The number of carboxylic acids is 1. The summed E-state index contributed by atoms with van der Waals surface area (Å²) in [5.74, 6) is -0.796. The molecule has 0 saturated carbocycles. The van der Waals surface area contributed by atoms with Crippen molar-refractivity contribution >= 4 is 5.97 Å². The number of aliphatic carboxylic acids is 1. The van der Waals surface area contributed by atoms with E-state index in [0.717, 1.165) is 56.2 Å². The van der Waals surface area contributed by atoms with Gasteiger partial charge in [0.25, 0.3) is 0 Å². The summed E-state index contributed by atoms with van der Waals surface area (Å²) in [6.07, 6.45) is 0.0617. The zero-order valence-electron chi connectivity index (χ0n) is 12.6. The van der Waals surface area contributed by atoms with Crippen molar-refractivity contribution in [2.24, 2.45) is 0 Å². The highest BCUT2D eigenvalue weighted by atomic mass is 16.4. The predicted octanol–water partition coefficient (Wildman–Crippen LogP) is 0.374. The van der Waals surface area contributed by atoms with Crippen molar-refractivity contribution in [1.82, 2.24) is 19.6 Å². The Kier molecular flexibility index (Phi) is 4.77. The van der Waals surface area contributed by atoms with Crippen LogP contribution in [0.15, 0.2) is 0 Å². The molecule has 20 heavy (non-hydrogen) atoms. The van der Waals surface area contributed by atoms with Crippen molar-refractivity contribution in [1.29, 1.82) is 0 Å². The van der Waals surface area contributed by atoms with Crippen LogP contribution in [0.2, 0.25) is 0 Å². The molecule has 1 N–H and O–H groups in total. The summed E-state index contributed by atoms with van der Waals surface area (Å²) >= 11 is 0. The Morgan fingerprint density at radius 3 is 2.45 bits per heavy atom. The van der Waals surface area contributed by atoms with Crippen LogP contribution in [0.3, 0.4) is 0 Å². The number of aryl methyl sites for hydroxylation is 1. The molecule has 1 aromatic heterocycles. The van der Waals surface area contributed by atoms with Gasteiger partial charge in [-0.1, -0.05) is 0 Å². The maximum absolute atomic E-state index is 10.9. The summed E-state index contributed by atoms with van der Waals surface area (Å²) < 4.78 is 1.95. The van der Waals surface area contributed by atoms with Crippen LogP contribution in [-0.4, -0.2) is 70.4 Å². The summed E-state index contributed by atoms with van der Waals surface area (Å²) in [4.78, 5) is 15.6. The molecule has 0 atom stereocenters. The molecule has 1 aromatic rings. The lowest BCUT2D eigenvalue weighted by Gasteiger charge is -2.32. The van der Waals surface area contributed by atoms with E-state index in [-0.39, 0.29) is 6.42 Å². The largest absolute Gasteiger partial charge is 0.481 e. The van der Waals surface area contributed by atoms with E-state index < -0.39 is 5.97 Å². The van der Waals surface area contributed by atoms with Gasteiger partial charge in [-0.05, 0) is 20.9 Å². The smallest absolute Gasteiger partial charge is 0.307 e. The molecule has 0 bridgehead atoms. The first kappa shape index (κ1) is 15.0. The maximum atomic E-state index is 10.9. The number of carboxylic acid groups (broad SMARTS) is 1. The summed E-state index contributed by atoms with van der Waals surface area (Å²) in [5, 5.41) is 13.4. The number of aromatic nitrogens is 2. The fourth-order valence-corrected chi connectivity index (χ4v) is 2.67. The van der Waals surface area contributed by atoms with E-state index in [2.05, 4.69) is 21.9 Å². The minimum atomic E-state index is -0.796. The monoisotopic (exact) mass is 280 g/mol. The van der Waals surface area contributed by atoms with E-state index in [4.69, 9.17) is 5.11 Å². The molecule has 1 aliphatic rings. The van der Waals surface area contributed by atoms with E-state index >= 15 is 0 Å². The number of rotatable bonds is 5. The molecule has 0 aromatic carbocycles. The Morgan fingerprint density at radius 1 is 1.20 bits per heavy atom. The first-order valence-corrected chi connectivity index (χ1v) is 7.13. The molecular formula is C14H24N4O2. The van der Waals surface area contributed by atoms with Crippen LogP contribution < -0.4 is 0 Å². The first-order chi connectivity index (χ1) is 9.47. The third-order valence-corrected chi connectivity index (χ3v) is 4.08. The highest BCUT2D eigenvalue weighted by Crippen LogP contribution is 2.14. The molecule has 112 valence electrons. The zero-order valence-corrected chi connectivity index (χ0v) is 12.6. The Labute approximate surface area is 120 Å². The number of hydrogen-bond acceptors (Lipinski definition) is 4. The highest BCUT2D eigenvalue weighted by molar-refractivity contribution is 5.70. The highest BCUT2D eigenvalue weighted by Gasteiger charge is 2.16. The van der Waals surface area contributed by atoms with Crippen LogP contribution in [-0.2, 0) is 17.8 Å². The van der Waals surface area contributed by atoms with Crippen LogP contribution in [0.25, 0.3) is 0 Å². The third kappa shape index (κ3) is 3.58. The lowest BCUT2D eigenvalue weighted by Crippen LogP contribution is -2.45. The number of carbonyl (C=O) groups is 1. The fraction of sp³-hybridized carbons (Fsp3) is 0.714. The van der Waals surface area contributed by atoms with Gasteiger partial charge >= 0.3 is 5.97 Å². The van der Waals surface area contributed by atoms with Crippen LogP contribution in [0.1, 0.15) is 17.0 Å². The molecule has 1 fully saturated rings. The van der Waals surface area contributed by atoms with Crippen LogP contribution in [0, 0.1) is 13.8 Å². The second kappa shape index (κ2) is 6.37. The summed E-state index contributed by atoms with van der Waals surface area (Å²) in [7, 11) is 2.15. The van der Waals surface area contributed by atoms with Gasteiger partial charge in [-0.2, -0.15) is 5.10 Å². The van der Waals surface area contributed by atoms with Crippen molar-refractivity contribution in [3.8, 4) is 0 Å². The van der Waals surface area contributed by atoms with Gasteiger partial charge in [-0.25, -0.2) is 0 Å². The molecular weight excluding hydrogens is 256 g/mol. The predicted molar refractivity (Wildman–Crippen MR) is 77.0 cm³/mol. The third-order valence-electron chi connectivity index (χ3n) is 4.08. The van der Waals surface area contributed by atoms with E-state index in [1.165, 1.54) is 0 Å². The van der Waals surface area contributed by atoms with Gasteiger partial charge in [-0.15, -0.1) is 0 Å². The number of hydrogen-bond donors (Lipinski definition) is 1. The van der Waals surface area contributed by atoms with Crippen molar-refractivity contribution in [3.05, 3.63) is 17.0 Å². The molecule has 1 aliphatic heterocycles. The minimum Gasteiger partial charge on any atom is -0.481 e. The molecule has 0 amide bonds. The molecule has 0 radical (unpaired) electrons. The Hall–Kier alpha value is -1.40. The first-order valence-electron chi connectivity index (χ1n) is 7.13. The molecule has 2 rings (SSSR count). The van der Waals surface area contributed by atoms with E-state index in [9.17, 15) is 4.79 Å². The molecule has 0 aliphatic carbocycles. The zero-order chi connectivity index (χ0) is 14.7. The SMILES string of the molecule is Cc1nn(CCN2CCN(C)CC2)c(C)c1CC(=O)O. The fourth-order valence-electron chi connectivity index (χ4n) is 2.67. The standard InChI is InChI=1S/C14H24N4O2/c1-11-13(10-14(19)20)12(2)18(15-11)9-8-17-6-4-16(3)5-7-17/h4-10H2,1-3H3,(H,19,20). The Bertz CT molecular complexity index is 476. The van der Waals surface area contributed by atoms with Gasteiger partial charge in [-0.3, -0.25) is 14.4 Å². The van der Waals surface area contributed by atoms with Gasteiger partial charge in [0.2, 0.25) is 0 Å². The lowest BCUT2D eigenvalue weighted by molar-refractivity contribution is -0.136.